The van der Waals surface area contributed by atoms with Crippen LogP contribution in [0.25, 0.3) is 0 Å². The van der Waals surface area contributed by atoms with Crippen LogP contribution >= 0.6 is 11.6 Å². The molecule has 4 nitrogen and oxygen atoms in total. The summed E-state index contributed by atoms with van der Waals surface area (Å²) in [5.41, 5.74) is 1.11. The first-order chi connectivity index (χ1) is 12.1. The maximum Gasteiger partial charge on any atom is 0.221 e. The van der Waals surface area contributed by atoms with E-state index in [2.05, 4.69) is 10.2 Å². The number of amides is 1. The zero-order valence-electron chi connectivity index (χ0n) is 14.7. The Morgan fingerprint density at radius 2 is 1.80 bits per heavy atom. The number of nitrogens with zero attached hydrogens (tertiary/aromatic N) is 1. The Kier molecular flexibility index (Phi) is 7.76. The van der Waals surface area contributed by atoms with Crippen LogP contribution in [0.5, 0.6) is 5.75 Å². The molecule has 0 spiro atoms. The molecule has 1 unspecified atom stereocenters. The molecule has 5 heteroatoms. The predicted octanol–water partition coefficient (Wildman–Crippen LogP) is 3.92. The summed E-state index contributed by atoms with van der Waals surface area (Å²) in [7, 11) is 1.98. The first-order valence-corrected chi connectivity index (χ1v) is 8.84. The zero-order valence-corrected chi connectivity index (χ0v) is 15.5. The van der Waals surface area contributed by atoms with Gasteiger partial charge in [-0.1, -0.05) is 54.1 Å². The third kappa shape index (κ3) is 6.77. The molecule has 0 fully saturated rings. The molecule has 0 aliphatic heterocycles. The van der Waals surface area contributed by atoms with Gasteiger partial charge in [-0.25, -0.2) is 0 Å². The van der Waals surface area contributed by atoms with Crippen molar-refractivity contribution in [2.24, 2.45) is 0 Å². The molecule has 0 aliphatic carbocycles. The highest BCUT2D eigenvalue weighted by Gasteiger charge is 2.10. The van der Waals surface area contributed by atoms with Gasteiger partial charge in [-0.2, -0.15) is 0 Å². The number of likely N-dealkylation sites (N-methyl/N-ethyl adjacent to an activating group) is 1. The monoisotopic (exact) mass is 360 g/mol. The number of nitrogens with one attached hydrogen (secondary N) is 1. The highest BCUT2D eigenvalue weighted by molar-refractivity contribution is 6.32. The van der Waals surface area contributed by atoms with E-state index in [0.717, 1.165) is 12.1 Å². The topological polar surface area (TPSA) is 41.6 Å². The van der Waals surface area contributed by atoms with Crippen molar-refractivity contribution in [3.05, 3.63) is 65.2 Å². The minimum atomic E-state index is 0.0163. The first-order valence-electron chi connectivity index (χ1n) is 8.46. The van der Waals surface area contributed by atoms with Crippen LogP contribution in [0.1, 0.15) is 24.9 Å². The van der Waals surface area contributed by atoms with Crippen LogP contribution in [0.4, 0.5) is 0 Å². The summed E-state index contributed by atoms with van der Waals surface area (Å²) in [6.45, 7) is 3.93. The van der Waals surface area contributed by atoms with Crippen LogP contribution in [0.15, 0.2) is 54.6 Å². The molecule has 2 aromatic carbocycles. The van der Waals surface area contributed by atoms with Gasteiger partial charge in [-0.05, 0) is 31.7 Å². The summed E-state index contributed by atoms with van der Waals surface area (Å²) in [5, 5.41) is 3.64. The number of hydrogen-bond acceptors (Lipinski definition) is 3. The summed E-state index contributed by atoms with van der Waals surface area (Å²) < 4.78 is 5.66. The van der Waals surface area contributed by atoms with Gasteiger partial charge >= 0.3 is 0 Å². The smallest absolute Gasteiger partial charge is 0.221 e. The summed E-state index contributed by atoms with van der Waals surface area (Å²) in [5.74, 6) is 0.738. The standard InChI is InChI=1S/C20H25ClN2O2/c1-16(17-8-4-3-5-9-17)22-20(24)12-13-23(2)14-15-25-19-11-7-6-10-18(19)21/h3-11,16H,12-15H2,1-2H3,(H,22,24). The van der Waals surface area contributed by atoms with Crippen molar-refractivity contribution in [1.82, 2.24) is 10.2 Å². The third-order valence-electron chi connectivity index (χ3n) is 3.96. The van der Waals surface area contributed by atoms with E-state index in [4.69, 9.17) is 16.3 Å². The van der Waals surface area contributed by atoms with Crippen LogP contribution in [-0.2, 0) is 4.79 Å². The number of benzene rings is 2. The van der Waals surface area contributed by atoms with Crippen molar-refractivity contribution < 1.29 is 9.53 Å². The summed E-state index contributed by atoms with van der Waals surface area (Å²) in [6, 6.07) is 17.4. The van der Waals surface area contributed by atoms with Crippen molar-refractivity contribution in [1.29, 1.82) is 0 Å². The SMILES string of the molecule is CC(NC(=O)CCN(C)CCOc1ccccc1Cl)c1ccccc1. The van der Waals surface area contributed by atoms with Crippen LogP contribution in [0.2, 0.25) is 5.02 Å². The molecule has 1 atom stereocenters. The maximum atomic E-state index is 12.1. The van der Waals surface area contributed by atoms with Crippen LogP contribution in [0.3, 0.4) is 0 Å². The lowest BCUT2D eigenvalue weighted by Gasteiger charge is -2.18. The molecular weight excluding hydrogens is 336 g/mol. The van der Waals surface area contributed by atoms with Gasteiger partial charge in [-0.3, -0.25) is 4.79 Å². The van der Waals surface area contributed by atoms with Gasteiger partial charge in [0.1, 0.15) is 12.4 Å². The lowest BCUT2D eigenvalue weighted by molar-refractivity contribution is -0.122. The van der Waals surface area contributed by atoms with Crippen molar-refractivity contribution in [2.45, 2.75) is 19.4 Å². The minimum Gasteiger partial charge on any atom is -0.491 e. The Labute approximate surface area is 154 Å². The molecule has 0 radical (unpaired) electrons. The fraction of sp³-hybridized carbons (Fsp3) is 0.350. The molecule has 0 aromatic heterocycles. The van der Waals surface area contributed by atoms with E-state index in [9.17, 15) is 4.79 Å². The van der Waals surface area contributed by atoms with Crippen molar-refractivity contribution in [3.8, 4) is 5.75 Å². The molecule has 134 valence electrons. The average molecular weight is 361 g/mol. The van der Waals surface area contributed by atoms with E-state index < -0.39 is 0 Å². The molecule has 1 amide bonds. The second-order valence-corrected chi connectivity index (χ2v) is 6.44. The molecule has 0 saturated heterocycles. The average Bonchev–Trinajstić information content (AvgIpc) is 2.62. The van der Waals surface area contributed by atoms with Gasteiger partial charge in [0, 0.05) is 19.5 Å². The summed E-state index contributed by atoms with van der Waals surface area (Å²) >= 11 is 6.05. The highest BCUT2D eigenvalue weighted by Crippen LogP contribution is 2.22. The van der Waals surface area contributed by atoms with Gasteiger partial charge in [-0.15, -0.1) is 0 Å². The maximum absolute atomic E-state index is 12.1. The molecule has 2 rings (SSSR count). The van der Waals surface area contributed by atoms with Crippen LogP contribution in [0, 0.1) is 0 Å². The van der Waals surface area contributed by atoms with E-state index in [1.54, 1.807) is 6.07 Å². The lowest BCUT2D eigenvalue weighted by atomic mass is 10.1. The zero-order chi connectivity index (χ0) is 18.1. The Morgan fingerprint density at radius 1 is 1.12 bits per heavy atom. The number of carbonyl (C=O) groups excluding carboxylic acids is 1. The quantitative estimate of drug-likeness (QED) is 0.737. The number of halogens is 1. The van der Waals surface area contributed by atoms with Crippen molar-refractivity contribution in [3.63, 3.8) is 0 Å². The van der Waals surface area contributed by atoms with E-state index in [-0.39, 0.29) is 11.9 Å². The molecule has 2 aromatic rings. The Morgan fingerprint density at radius 3 is 2.52 bits per heavy atom. The fourth-order valence-corrected chi connectivity index (χ4v) is 2.61. The lowest BCUT2D eigenvalue weighted by Crippen LogP contribution is -2.32. The van der Waals surface area contributed by atoms with E-state index in [1.807, 2.05) is 62.5 Å². The number of hydrogen-bond donors (Lipinski definition) is 1. The van der Waals surface area contributed by atoms with Crippen LogP contribution < -0.4 is 10.1 Å². The number of para-hydroxylation sites is 1. The molecule has 25 heavy (non-hydrogen) atoms. The van der Waals surface area contributed by atoms with Gasteiger partial charge in [0.15, 0.2) is 0 Å². The predicted molar refractivity (Wildman–Crippen MR) is 102 cm³/mol. The van der Waals surface area contributed by atoms with E-state index in [0.29, 0.717) is 30.3 Å². The summed E-state index contributed by atoms with van der Waals surface area (Å²) in [6.07, 6.45) is 0.458. The Bertz CT molecular complexity index is 664. The fourth-order valence-electron chi connectivity index (χ4n) is 2.42. The van der Waals surface area contributed by atoms with Gasteiger partial charge in [0.2, 0.25) is 5.91 Å². The van der Waals surface area contributed by atoms with Gasteiger partial charge < -0.3 is 15.0 Å². The van der Waals surface area contributed by atoms with E-state index in [1.165, 1.54) is 0 Å². The van der Waals surface area contributed by atoms with Gasteiger partial charge in [0.25, 0.3) is 0 Å². The van der Waals surface area contributed by atoms with E-state index >= 15 is 0 Å². The third-order valence-corrected chi connectivity index (χ3v) is 4.28. The van der Waals surface area contributed by atoms with Crippen LogP contribution in [-0.4, -0.2) is 37.6 Å². The minimum absolute atomic E-state index is 0.0163. The van der Waals surface area contributed by atoms with Crippen molar-refractivity contribution in [2.75, 3.05) is 26.7 Å². The molecule has 0 saturated carbocycles. The molecule has 1 N–H and O–H groups in total. The Hall–Kier alpha value is -2.04. The largest absolute Gasteiger partial charge is 0.491 e. The number of rotatable bonds is 9. The first kappa shape index (κ1) is 19.3. The second kappa shape index (κ2) is 10.1. The second-order valence-electron chi connectivity index (χ2n) is 6.03. The number of ether oxygens (including phenoxy) is 1. The number of carbonyl (C=O) groups is 1. The molecular formula is C20H25ClN2O2. The highest BCUT2D eigenvalue weighted by atomic mass is 35.5. The van der Waals surface area contributed by atoms with Crippen molar-refractivity contribution >= 4 is 17.5 Å². The normalized spacial score (nSPS) is 12.0. The van der Waals surface area contributed by atoms with Gasteiger partial charge in [0.05, 0.1) is 11.1 Å². The molecule has 0 aliphatic rings. The molecule has 0 bridgehead atoms. The summed E-state index contributed by atoms with van der Waals surface area (Å²) in [4.78, 5) is 14.2. The molecule has 0 heterocycles. The Balaban J connectivity index is 1.65.